The van der Waals surface area contributed by atoms with Gasteiger partial charge in [0.1, 0.15) is 5.78 Å². The van der Waals surface area contributed by atoms with E-state index in [-0.39, 0.29) is 13.0 Å². The third kappa shape index (κ3) is 5.81. The zero-order chi connectivity index (χ0) is 15.2. The van der Waals surface area contributed by atoms with E-state index < -0.39 is 19.3 Å². The van der Waals surface area contributed by atoms with E-state index >= 15 is 0 Å². The highest BCUT2D eigenvalue weighted by molar-refractivity contribution is 7.52. The van der Waals surface area contributed by atoms with Crippen molar-refractivity contribution in [2.24, 2.45) is 0 Å². The minimum atomic E-state index is -4.36. The number of hydrogen-bond acceptors (Lipinski definition) is 4. The maximum Gasteiger partial charge on any atom is 0.342 e. The van der Waals surface area contributed by atoms with Gasteiger partial charge in [-0.15, -0.1) is 0 Å². The van der Waals surface area contributed by atoms with Crippen LogP contribution >= 0.6 is 7.60 Å². The van der Waals surface area contributed by atoms with Gasteiger partial charge in [-0.1, -0.05) is 30.3 Å². The third-order valence-electron chi connectivity index (χ3n) is 2.81. The first-order chi connectivity index (χ1) is 9.30. The van der Waals surface area contributed by atoms with Crippen molar-refractivity contribution in [1.29, 1.82) is 0 Å². The normalized spacial score (nSPS) is 13.0. The van der Waals surface area contributed by atoms with E-state index in [1.165, 1.54) is 0 Å². The van der Waals surface area contributed by atoms with Crippen molar-refractivity contribution in [2.45, 2.75) is 18.6 Å². The molecule has 1 rings (SSSR count). The lowest BCUT2D eigenvalue weighted by Gasteiger charge is -2.20. The van der Waals surface area contributed by atoms with Gasteiger partial charge in [-0.25, -0.2) is 5.06 Å². The first kappa shape index (κ1) is 16.8. The van der Waals surface area contributed by atoms with Gasteiger partial charge in [0.25, 0.3) is 5.91 Å². The zero-order valence-corrected chi connectivity index (χ0v) is 12.0. The van der Waals surface area contributed by atoms with Crippen molar-refractivity contribution in [3.8, 4) is 0 Å². The van der Waals surface area contributed by atoms with Crippen LogP contribution in [-0.4, -0.2) is 45.3 Å². The Hall–Kier alpha value is -1.24. The largest absolute Gasteiger partial charge is 0.342 e. The number of rotatable bonds is 7. The topological polar surface area (TPSA) is 110 Å². The van der Waals surface area contributed by atoms with Crippen LogP contribution < -0.4 is 5.32 Å². The van der Waals surface area contributed by atoms with Crippen molar-refractivity contribution >= 4 is 13.5 Å². The lowest BCUT2D eigenvalue weighted by Crippen LogP contribution is -2.39. The summed E-state index contributed by atoms with van der Waals surface area (Å²) >= 11 is 0. The molecule has 0 aliphatic heterocycles. The minimum absolute atomic E-state index is 0.191. The third-order valence-corrected chi connectivity index (χ3v) is 4.06. The standard InChI is InChI=1S/C12H19N2O5P/c1-14(16)12(15)9-13-11(20(17,18)19)8-7-10-5-3-2-4-6-10/h2-6,11,13,16H,7-9H2,1H3,(H2,17,18,19). The van der Waals surface area contributed by atoms with Crippen molar-refractivity contribution < 1.29 is 24.4 Å². The maximum absolute atomic E-state index is 11.4. The Kier molecular flexibility index (Phi) is 6.32. The molecule has 1 atom stereocenters. The number of aryl methyl sites for hydroxylation is 1. The summed E-state index contributed by atoms with van der Waals surface area (Å²) < 4.78 is 11.4. The van der Waals surface area contributed by atoms with Gasteiger partial charge in [0.15, 0.2) is 0 Å². The molecule has 4 N–H and O–H groups in total. The molecule has 112 valence electrons. The SMILES string of the molecule is CN(O)C(=O)CNC(CCc1ccccc1)P(=O)(O)O. The second-order valence-corrected chi connectivity index (χ2v) is 6.23. The lowest BCUT2D eigenvalue weighted by molar-refractivity contribution is -0.158. The highest BCUT2D eigenvalue weighted by Gasteiger charge is 2.28. The summed E-state index contributed by atoms with van der Waals surface area (Å²) in [7, 11) is -3.21. The van der Waals surface area contributed by atoms with Gasteiger partial charge in [-0.2, -0.15) is 0 Å². The maximum atomic E-state index is 11.4. The van der Waals surface area contributed by atoms with Crippen LogP contribution in [0.15, 0.2) is 30.3 Å². The number of amides is 1. The summed E-state index contributed by atoms with van der Waals surface area (Å²) in [6.07, 6.45) is 0.670. The van der Waals surface area contributed by atoms with Crippen molar-refractivity contribution in [2.75, 3.05) is 13.6 Å². The summed E-state index contributed by atoms with van der Waals surface area (Å²) in [5, 5.41) is 11.8. The van der Waals surface area contributed by atoms with E-state index in [9.17, 15) is 19.1 Å². The Morgan fingerprint density at radius 2 is 1.95 bits per heavy atom. The molecular weight excluding hydrogens is 283 g/mol. The molecule has 7 nitrogen and oxygen atoms in total. The van der Waals surface area contributed by atoms with Crippen molar-refractivity contribution in [3.05, 3.63) is 35.9 Å². The Balaban J connectivity index is 2.57. The fourth-order valence-corrected chi connectivity index (χ4v) is 2.45. The predicted octanol–water partition coefficient (Wildman–Crippen LogP) is 0.560. The van der Waals surface area contributed by atoms with E-state index in [0.29, 0.717) is 11.5 Å². The van der Waals surface area contributed by atoms with Gasteiger partial charge in [0.2, 0.25) is 0 Å². The van der Waals surface area contributed by atoms with Crippen LogP contribution in [0.5, 0.6) is 0 Å². The molecule has 0 aliphatic carbocycles. The van der Waals surface area contributed by atoms with E-state index in [1.54, 1.807) is 0 Å². The fourth-order valence-electron chi connectivity index (χ4n) is 1.66. The van der Waals surface area contributed by atoms with E-state index in [4.69, 9.17) is 5.21 Å². The number of carbonyl (C=O) groups excluding carboxylic acids is 1. The van der Waals surface area contributed by atoms with Crippen LogP contribution in [0.1, 0.15) is 12.0 Å². The number of carbonyl (C=O) groups is 1. The molecule has 0 bridgehead atoms. The highest BCUT2D eigenvalue weighted by Crippen LogP contribution is 2.41. The number of hydroxylamine groups is 2. The molecule has 1 unspecified atom stereocenters. The molecule has 0 heterocycles. The Morgan fingerprint density at radius 3 is 2.45 bits per heavy atom. The second-order valence-electron chi connectivity index (χ2n) is 4.43. The van der Waals surface area contributed by atoms with Crippen LogP contribution in [0, 0.1) is 0 Å². The zero-order valence-electron chi connectivity index (χ0n) is 11.1. The van der Waals surface area contributed by atoms with Crippen LogP contribution in [0.25, 0.3) is 0 Å². The summed E-state index contributed by atoms with van der Waals surface area (Å²) in [6.45, 7) is -0.336. The summed E-state index contributed by atoms with van der Waals surface area (Å²) in [5.41, 5.74) is 0.957. The van der Waals surface area contributed by atoms with Crippen LogP contribution in [0.3, 0.4) is 0 Å². The smallest absolute Gasteiger partial charge is 0.323 e. The van der Waals surface area contributed by atoms with E-state index in [0.717, 1.165) is 12.6 Å². The Labute approximate surface area is 117 Å². The Bertz CT molecular complexity index is 474. The van der Waals surface area contributed by atoms with Gasteiger partial charge in [-0.3, -0.25) is 19.9 Å². The average Bonchev–Trinajstić information content (AvgIpc) is 2.37. The number of hydrogen-bond donors (Lipinski definition) is 4. The number of benzene rings is 1. The van der Waals surface area contributed by atoms with Gasteiger partial charge in [-0.05, 0) is 18.4 Å². The first-order valence-electron chi connectivity index (χ1n) is 6.08. The molecule has 0 radical (unpaired) electrons. The molecule has 1 aromatic rings. The van der Waals surface area contributed by atoms with Crippen LogP contribution in [0.4, 0.5) is 0 Å². The summed E-state index contributed by atoms with van der Waals surface area (Å²) in [4.78, 5) is 29.7. The molecule has 1 amide bonds. The monoisotopic (exact) mass is 302 g/mol. The van der Waals surface area contributed by atoms with Gasteiger partial charge in [0, 0.05) is 7.05 Å². The second kappa shape index (κ2) is 7.52. The Morgan fingerprint density at radius 1 is 1.35 bits per heavy atom. The van der Waals surface area contributed by atoms with Crippen LogP contribution in [0.2, 0.25) is 0 Å². The van der Waals surface area contributed by atoms with Crippen molar-refractivity contribution in [1.82, 2.24) is 10.4 Å². The lowest BCUT2D eigenvalue weighted by atomic mass is 10.1. The molecule has 20 heavy (non-hydrogen) atoms. The predicted molar refractivity (Wildman–Crippen MR) is 73.2 cm³/mol. The average molecular weight is 302 g/mol. The van der Waals surface area contributed by atoms with Crippen molar-refractivity contribution in [3.63, 3.8) is 0 Å². The van der Waals surface area contributed by atoms with Gasteiger partial charge in [0.05, 0.1) is 6.54 Å². The van der Waals surface area contributed by atoms with E-state index in [2.05, 4.69) is 5.32 Å². The fraction of sp³-hybridized carbons (Fsp3) is 0.417. The quantitative estimate of drug-likeness (QED) is 0.333. The summed E-state index contributed by atoms with van der Waals surface area (Å²) in [5.74, 6) is -1.78. The highest BCUT2D eigenvalue weighted by atomic mass is 31.2. The summed E-state index contributed by atoms with van der Waals surface area (Å²) in [6, 6.07) is 9.28. The molecule has 1 aromatic carbocycles. The molecule has 0 spiro atoms. The van der Waals surface area contributed by atoms with Crippen LogP contribution in [-0.2, 0) is 15.8 Å². The number of nitrogens with one attached hydrogen (secondary N) is 1. The first-order valence-corrected chi connectivity index (χ1v) is 7.77. The molecule has 0 saturated carbocycles. The number of nitrogens with zero attached hydrogens (tertiary/aromatic N) is 1. The van der Waals surface area contributed by atoms with E-state index in [1.807, 2.05) is 30.3 Å². The number of likely N-dealkylation sites (N-methyl/N-ethyl adjacent to an activating group) is 1. The molecule has 0 fully saturated rings. The molecular formula is C12H19N2O5P. The molecule has 8 heteroatoms. The van der Waals surface area contributed by atoms with Gasteiger partial charge >= 0.3 is 7.60 Å². The van der Waals surface area contributed by atoms with Gasteiger partial charge < -0.3 is 9.79 Å². The molecule has 0 saturated heterocycles. The minimum Gasteiger partial charge on any atom is -0.323 e. The molecule has 0 aliphatic rings. The molecule has 0 aromatic heterocycles.